The van der Waals surface area contributed by atoms with Gasteiger partial charge in [-0.1, -0.05) is 12.1 Å². The molecule has 19 heavy (non-hydrogen) atoms. The zero-order chi connectivity index (χ0) is 13.4. The second-order valence-electron chi connectivity index (χ2n) is 5.22. The molecule has 0 unspecified atom stereocenters. The first-order valence-electron chi connectivity index (χ1n) is 6.76. The number of nitrogens with zero attached hydrogens (tertiary/aromatic N) is 3. The Balaban J connectivity index is 2.13. The van der Waals surface area contributed by atoms with Crippen LogP contribution in [0.4, 0.5) is 0 Å². The van der Waals surface area contributed by atoms with Crippen molar-refractivity contribution < 1.29 is 0 Å². The number of aromatic nitrogens is 2. The van der Waals surface area contributed by atoms with Gasteiger partial charge in [0.15, 0.2) is 0 Å². The van der Waals surface area contributed by atoms with Crippen LogP contribution in [0.1, 0.15) is 35.5 Å². The minimum atomic E-state index is 0.647. The van der Waals surface area contributed by atoms with E-state index < -0.39 is 0 Å². The molecule has 1 heterocycles. The molecule has 2 aromatic rings. The van der Waals surface area contributed by atoms with Gasteiger partial charge in [0.2, 0.25) is 0 Å². The van der Waals surface area contributed by atoms with E-state index in [1.165, 1.54) is 30.4 Å². The molecule has 0 bridgehead atoms. The van der Waals surface area contributed by atoms with E-state index in [2.05, 4.69) is 29.3 Å². The van der Waals surface area contributed by atoms with E-state index in [9.17, 15) is 5.26 Å². The molecule has 96 valence electrons. The largest absolute Gasteiger partial charge is 0.323 e. The van der Waals surface area contributed by atoms with Crippen molar-refractivity contribution in [2.45, 2.75) is 32.6 Å². The SMILES string of the molecule is Cc1nc(-c2ccc3c(c2)CCCC3)c(C#N)n1C. The summed E-state index contributed by atoms with van der Waals surface area (Å²) in [7, 11) is 1.89. The highest BCUT2D eigenvalue weighted by Crippen LogP contribution is 2.28. The fraction of sp³-hybridized carbons (Fsp3) is 0.375. The van der Waals surface area contributed by atoms with E-state index in [4.69, 9.17) is 0 Å². The van der Waals surface area contributed by atoms with Crippen molar-refractivity contribution in [3.05, 3.63) is 40.8 Å². The summed E-state index contributed by atoms with van der Waals surface area (Å²) < 4.78 is 1.86. The van der Waals surface area contributed by atoms with Crippen LogP contribution in [0, 0.1) is 18.3 Å². The normalized spacial score (nSPS) is 13.9. The number of fused-ring (bicyclic) bond motifs is 1. The second kappa shape index (κ2) is 4.55. The average Bonchev–Trinajstić information content (AvgIpc) is 2.74. The summed E-state index contributed by atoms with van der Waals surface area (Å²) in [5.41, 5.74) is 5.42. The fourth-order valence-electron chi connectivity index (χ4n) is 2.82. The summed E-state index contributed by atoms with van der Waals surface area (Å²) in [6.07, 6.45) is 4.89. The van der Waals surface area contributed by atoms with Crippen molar-refractivity contribution in [3.63, 3.8) is 0 Å². The number of hydrogen-bond acceptors (Lipinski definition) is 2. The van der Waals surface area contributed by atoms with E-state index in [0.29, 0.717) is 5.69 Å². The molecule has 0 atom stereocenters. The quantitative estimate of drug-likeness (QED) is 0.781. The van der Waals surface area contributed by atoms with Crippen molar-refractivity contribution in [2.75, 3.05) is 0 Å². The predicted octanol–water partition coefficient (Wildman–Crippen LogP) is 3.15. The molecule has 1 aliphatic rings. The third-order valence-electron chi connectivity index (χ3n) is 4.05. The first-order valence-corrected chi connectivity index (χ1v) is 6.76. The highest BCUT2D eigenvalue weighted by Gasteiger charge is 2.16. The van der Waals surface area contributed by atoms with Gasteiger partial charge in [0, 0.05) is 12.6 Å². The van der Waals surface area contributed by atoms with E-state index >= 15 is 0 Å². The number of nitriles is 1. The molecule has 0 N–H and O–H groups in total. The Morgan fingerprint density at radius 1 is 1.21 bits per heavy atom. The highest BCUT2D eigenvalue weighted by atomic mass is 15.1. The van der Waals surface area contributed by atoms with E-state index in [1.807, 2.05) is 18.5 Å². The fourth-order valence-corrected chi connectivity index (χ4v) is 2.82. The van der Waals surface area contributed by atoms with E-state index in [-0.39, 0.29) is 0 Å². The summed E-state index contributed by atoms with van der Waals surface area (Å²) in [4.78, 5) is 4.54. The minimum Gasteiger partial charge on any atom is -0.323 e. The van der Waals surface area contributed by atoms with Gasteiger partial charge in [-0.05, 0) is 49.8 Å². The smallest absolute Gasteiger partial charge is 0.147 e. The van der Waals surface area contributed by atoms with Gasteiger partial charge >= 0.3 is 0 Å². The second-order valence-corrected chi connectivity index (χ2v) is 5.22. The van der Waals surface area contributed by atoms with Gasteiger partial charge in [-0.3, -0.25) is 0 Å². The zero-order valence-corrected chi connectivity index (χ0v) is 11.4. The Kier molecular flexibility index (Phi) is 2.87. The van der Waals surface area contributed by atoms with Crippen LogP contribution in [0.15, 0.2) is 18.2 Å². The maximum atomic E-state index is 9.30. The lowest BCUT2D eigenvalue weighted by atomic mass is 9.90. The van der Waals surface area contributed by atoms with Crippen LogP contribution in [0.25, 0.3) is 11.3 Å². The average molecular weight is 251 g/mol. The van der Waals surface area contributed by atoms with Crippen LogP contribution in [0.3, 0.4) is 0 Å². The standard InChI is InChI=1S/C16H17N3/c1-11-18-16(15(10-17)19(11)2)14-8-7-12-5-3-4-6-13(12)9-14/h7-9H,3-6H2,1-2H3. The number of rotatable bonds is 1. The zero-order valence-electron chi connectivity index (χ0n) is 11.4. The number of aryl methyl sites for hydroxylation is 3. The molecule has 0 radical (unpaired) electrons. The summed E-state index contributed by atoms with van der Waals surface area (Å²) in [6.45, 7) is 1.93. The van der Waals surface area contributed by atoms with Crippen LogP contribution >= 0.6 is 0 Å². The first-order chi connectivity index (χ1) is 9.20. The predicted molar refractivity (Wildman–Crippen MR) is 74.7 cm³/mol. The Morgan fingerprint density at radius 2 is 1.95 bits per heavy atom. The lowest BCUT2D eigenvalue weighted by Gasteiger charge is -2.16. The number of benzene rings is 1. The first kappa shape index (κ1) is 12.0. The maximum Gasteiger partial charge on any atom is 0.147 e. The number of imidazole rings is 1. The summed E-state index contributed by atoms with van der Waals surface area (Å²) in [5.74, 6) is 0.879. The molecular weight excluding hydrogens is 234 g/mol. The van der Waals surface area contributed by atoms with Crippen LogP contribution in [-0.2, 0) is 19.9 Å². The molecule has 0 spiro atoms. The number of hydrogen-bond donors (Lipinski definition) is 0. The Bertz CT molecular complexity index is 674. The van der Waals surface area contributed by atoms with Crippen molar-refractivity contribution in [1.82, 2.24) is 9.55 Å². The van der Waals surface area contributed by atoms with Gasteiger partial charge in [0.05, 0.1) is 0 Å². The summed E-state index contributed by atoms with van der Waals surface area (Å²) in [5, 5.41) is 9.30. The van der Waals surface area contributed by atoms with Gasteiger partial charge in [0.25, 0.3) is 0 Å². The Labute approximate surface area is 113 Å². The third-order valence-corrected chi connectivity index (χ3v) is 4.05. The van der Waals surface area contributed by atoms with Crippen molar-refractivity contribution in [2.24, 2.45) is 7.05 Å². The molecular formula is C16H17N3. The lowest BCUT2D eigenvalue weighted by Crippen LogP contribution is -2.02. The van der Waals surface area contributed by atoms with Crippen LogP contribution in [-0.4, -0.2) is 9.55 Å². The van der Waals surface area contributed by atoms with Crippen LogP contribution in [0.2, 0.25) is 0 Å². The van der Waals surface area contributed by atoms with Gasteiger partial charge in [0.1, 0.15) is 23.3 Å². The highest BCUT2D eigenvalue weighted by molar-refractivity contribution is 5.67. The van der Waals surface area contributed by atoms with Crippen LogP contribution in [0.5, 0.6) is 0 Å². The van der Waals surface area contributed by atoms with Crippen molar-refractivity contribution >= 4 is 0 Å². The molecule has 1 aromatic carbocycles. The van der Waals surface area contributed by atoms with Crippen molar-refractivity contribution in [1.29, 1.82) is 5.26 Å². The molecule has 3 heteroatoms. The molecule has 1 aromatic heterocycles. The molecule has 0 saturated heterocycles. The molecule has 0 saturated carbocycles. The van der Waals surface area contributed by atoms with Gasteiger partial charge in [-0.25, -0.2) is 4.98 Å². The van der Waals surface area contributed by atoms with Crippen LogP contribution < -0.4 is 0 Å². The van der Waals surface area contributed by atoms with E-state index in [1.54, 1.807) is 0 Å². The maximum absolute atomic E-state index is 9.30. The van der Waals surface area contributed by atoms with E-state index in [0.717, 1.165) is 23.5 Å². The Hall–Kier alpha value is -2.08. The molecule has 1 aliphatic carbocycles. The summed E-state index contributed by atoms with van der Waals surface area (Å²) >= 11 is 0. The van der Waals surface area contributed by atoms with Gasteiger partial charge in [-0.15, -0.1) is 0 Å². The monoisotopic (exact) mass is 251 g/mol. The molecule has 0 amide bonds. The third kappa shape index (κ3) is 1.94. The molecule has 0 fully saturated rings. The minimum absolute atomic E-state index is 0.647. The van der Waals surface area contributed by atoms with Gasteiger partial charge in [-0.2, -0.15) is 5.26 Å². The van der Waals surface area contributed by atoms with Crippen molar-refractivity contribution in [3.8, 4) is 17.3 Å². The molecule has 3 rings (SSSR count). The summed E-state index contributed by atoms with van der Waals surface area (Å²) in [6, 6.07) is 8.79. The molecule has 0 aliphatic heterocycles. The molecule has 3 nitrogen and oxygen atoms in total. The Morgan fingerprint density at radius 3 is 2.68 bits per heavy atom. The van der Waals surface area contributed by atoms with Gasteiger partial charge < -0.3 is 4.57 Å². The lowest BCUT2D eigenvalue weighted by molar-refractivity contribution is 0.686. The topological polar surface area (TPSA) is 41.6 Å².